The first-order valence-electron chi connectivity index (χ1n) is 5.65. The summed E-state index contributed by atoms with van der Waals surface area (Å²) in [4.78, 5) is 15.2. The van der Waals surface area contributed by atoms with Gasteiger partial charge in [-0.15, -0.1) is 0 Å². The van der Waals surface area contributed by atoms with Crippen LogP contribution < -0.4 is 11.2 Å². The van der Waals surface area contributed by atoms with Gasteiger partial charge >= 0.3 is 13.6 Å². The molecule has 0 unspecified atom stereocenters. The van der Waals surface area contributed by atoms with Crippen LogP contribution in [0.25, 0.3) is 0 Å². The van der Waals surface area contributed by atoms with Crippen LogP contribution in [-0.4, -0.2) is 43.2 Å². The van der Waals surface area contributed by atoms with Crippen LogP contribution in [0.5, 0.6) is 0 Å². The molecule has 8 nitrogen and oxygen atoms in total. The van der Waals surface area contributed by atoms with Crippen molar-refractivity contribution in [3.8, 4) is 0 Å². The summed E-state index contributed by atoms with van der Waals surface area (Å²) in [5.41, 5.74) is 0. The molecule has 0 amide bonds. The van der Waals surface area contributed by atoms with Gasteiger partial charge in [0, 0.05) is 0 Å². The third-order valence-corrected chi connectivity index (χ3v) is 3.88. The molecule has 0 bridgehead atoms. The van der Waals surface area contributed by atoms with E-state index in [2.05, 4.69) is 10.2 Å². The molecule has 0 radical (unpaired) electrons. The maximum Gasteiger partial charge on any atom is 0.344 e. The first-order valence-corrected chi connectivity index (χ1v) is 7.37. The molecule has 0 heterocycles. The predicted octanol–water partition coefficient (Wildman–Crippen LogP) is 0.533. The Bertz CT molecular complexity index is 278. The van der Waals surface area contributed by atoms with Crippen molar-refractivity contribution >= 4 is 13.6 Å². The molecule has 9 heteroatoms. The van der Waals surface area contributed by atoms with Crippen molar-refractivity contribution in [1.82, 2.24) is 5.32 Å². The summed E-state index contributed by atoms with van der Waals surface area (Å²) in [5.74, 6) is 3.75. The molecule has 0 spiro atoms. The molecule has 0 aromatic heterocycles. The third-order valence-electron chi connectivity index (χ3n) is 2.01. The van der Waals surface area contributed by atoms with E-state index in [0.29, 0.717) is 0 Å². The lowest BCUT2D eigenvalue weighted by molar-refractivity contribution is -0.139. The number of rotatable bonds is 11. The molecule has 18 heavy (non-hydrogen) atoms. The lowest BCUT2D eigenvalue weighted by Gasteiger charge is -2.20. The van der Waals surface area contributed by atoms with Gasteiger partial charge in [0.25, 0.3) is 0 Å². The highest BCUT2D eigenvalue weighted by Gasteiger charge is 2.26. The largest absolute Gasteiger partial charge is 0.480 e. The lowest BCUT2D eigenvalue weighted by Crippen LogP contribution is -2.38. The van der Waals surface area contributed by atoms with E-state index in [0.717, 1.165) is 0 Å². The van der Waals surface area contributed by atoms with Gasteiger partial charge in [0.15, 0.2) is 0 Å². The lowest BCUT2D eigenvalue weighted by atomic mass is 10.2. The number of nitrogens with two attached hydrogens (primary N) is 1. The zero-order valence-electron chi connectivity index (χ0n) is 10.6. The minimum atomic E-state index is -3.29. The summed E-state index contributed by atoms with van der Waals surface area (Å²) < 4.78 is 22.1. The van der Waals surface area contributed by atoms with Crippen molar-refractivity contribution in [2.75, 3.05) is 26.1 Å². The van der Waals surface area contributed by atoms with Crippen molar-refractivity contribution in [2.24, 2.45) is 5.90 Å². The molecule has 0 saturated heterocycles. The highest BCUT2D eigenvalue weighted by molar-refractivity contribution is 7.53. The molecule has 0 aliphatic carbocycles. The first-order chi connectivity index (χ1) is 8.49. The molecule has 0 aromatic carbocycles. The molecule has 0 aromatic rings. The second kappa shape index (κ2) is 9.43. The van der Waals surface area contributed by atoms with Gasteiger partial charge in [0.1, 0.15) is 6.04 Å². The van der Waals surface area contributed by atoms with E-state index in [1.165, 1.54) is 0 Å². The minimum Gasteiger partial charge on any atom is -0.480 e. The van der Waals surface area contributed by atoms with Crippen LogP contribution in [0.1, 0.15) is 20.3 Å². The topological polar surface area (TPSA) is 120 Å². The van der Waals surface area contributed by atoms with Crippen LogP contribution in [0, 0.1) is 0 Å². The zero-order chi connectivity index (χ0) is 14.0. The van der Waals surface area contributed by atoms with Gasteiger partial charge in [0.2, 0.25) is 0 Å². The highest BCUT2D eigenvalue weighted by atomic mass is 31.2. The summed E-state index contributed by atoms with van der Waals surface area (Å²) in [5, 5.41) is 11.5. The van der Waals surface area contributed by atoms with Gasteiger partial charge in [-0.25, -0.2) is 5.90 Å². The second-order valence-electron chi connectivity index (χ2n) is 3.36. The molecule has 108 valence electrons. The summed E-state index contributed by atoms with van der Waals surface area (Å²) in [7, 11) is -3.29. The van der Waals surface area contributed by atoms with E-state index in [1.807, 2.05) is 0 Å². The fourth-order valence-corrected chi connectivity index (χ4v) is 2.73. The number of hydrogen-bond donors (Lipinski definition) is 3. The van der Waals surface area contributed by atoms with E-state index < -0.39 is 19.6 Å². The van der Waals surface area contributed by atoms with Crippen LogP contribution in [-0.2, 0) is 23.2 Å². The van der Waals surface area contributed by atoms with Crippen LogP contribution in [0.4, 0.5) is 0 Å². The van der Waals surface area contributed by atoms with Crippen molar-refractivity contribution in [2.45, 2.75) is 26.3 Å². The molecular weight excluding hydrogens is 263 g/mol. The maximum atomic E-state index is 12.1. The zero-order valence-corrected chi connectivity index (χ0v) is 11.5. The molecule has 0 rings (SSSR count). The Balaban J connectivity index is 4.36. The van der Waals surface area contributed by atoms with Crippen molar-refractivity contribution < 1.29 is 28.4 Å². The van der Waals surface area contributed by atoms with Gasteiger partial charge in [-0.2, -0.15) is 0 Å². The smallest absolute Gasteiger partial charge is 0.344 e. The van der Waals surface area contributed by atoms with Crippen LogP contribution in [0.15, 0.2) is 0 Å². The SMILES string of the molecule is CCOP(=O)(CN[C@@H](CCON)C(=O)O)OCC. The Kier molecular flexibility index (Phi) is 9.17. The summed E-state index contributed by atoms with van der Waals surface area (Å²) in [6.45, 7) is 3.90. The van der Waals surface area contributed by atoms with Gasteiger partial charge < -0.3 is 19.0 Å². The number of carboxylic acid groups (broad SMARTS) is 1. The number of hydrogen-bond acceptors (Lipinski definition) is 7. The third kappa shape index (κ3) is 7.05. The number of carbonyl (C=O) groups is 1. The Hall–Kier alpha value is -0.500. The molecule has 0 aliphatic rings. The van der Waals surface area contributed by atoms with E-state index in [-0.39, 0.29) is 32.5 Å². The average Bonchev–Trinajstić information content (AvgIpc) is 2.29. The first kappa shape index (κ1) is 17.5. The molecular formula is C9H21N2O6P. The van der Waals surface area contributed by atoms with E-state index in [4.69, 9.17) is 20.1 Å². The molecule has 0 saturated carbocycles. The fraction of sp³-hybridized carbons (Fsp3) is 0.889. The van der Waals surface area contributed by atoms with Crippen molar-refractivity contribution in [3.05, 3.63) is 0 Å². The Morgan fingerprint density at radius 2 is 1.94 bits per heavy atom. The highest BCUT2D eigenvalue weighted by Crippen LogP contribution is 2.46. The normalized spacial score (nSPS) is 13.5. The van der Waals surface area contributed by atoms with E-state index in [9.17, 15) is 9.36 Å². The van der Waals surface area contributed by atoms with E-state index >= 15 is 0 Å². The standard InChI is InChI=1S/C9H21N2O6P/c1-3-16-18(14,17-4-2)7-11-8(9(12)13)5-6-15-10/h8,11H,3-7,10H2,1-2H3,(H,12,13)/t8-/m0/s1. The Labute approximate surface area is 106 Å². The van der Waals surface area contributed by atoms with Crippen molar-refractivity contribution in [1.29, 1.82) is 0 Å². The van der Waals surface area contributed by atoms with Crippen LogP contribution in [0.3, 0.4) is 0 Å². The fourth-order valence-electron chi connectivity index (χ4n) is 1.24. The molecule has 0 aliphatic heterocycles. The number of nitrogens with one attached hydrogen (secondary N) is 1. The van der Waals surface area contributed by atoms with Crippen LogP contribution in [0.2, 0.25) is 0 Å². The van der Waals surface area contributed by atoms with Crippen LogP contribution >= 0.6 is 7.60 Å². The van der Waals surface area contributed by atoms with Crippen molar-refractivity contribution in [3.63, 3.8) is 0 Å². The average molecular weight is 284 g/mol. The molecule has 0 fully saturated rings. The van der Waals surface area contributed by atoms with Gasteiger partial charge in [-0.05, 0) is 20.3 Å². The van der Waals surface area contributed by atoms with Gasteiger partial charge in [0.05, 0.1) is 26.1 Å². The number of aliphatic carboxylic acids is 1. The Morgan fingerprint density at radius 1 is 1.39 bits per heavy atom. The summed E-state index contributed by atoms with van der Waals surface area (Å²) in [6.07, 6.45) is -0.0136. The van der Waals surface area contributed by atoms with E-state index in [1.54, 1.807) is 13.8 Å². The Morgan fingerprint density at radius 3 is 2.33 bits per heavy atom. The predicted molar refractivity (Wildman–Crippen MR) is 65.0 cm³/mol. The molecule has 4 N–H and O–H groups in total. The maximum absolute atomic E-state index is 12.1. The van der Waals surface area contributed by atoms with Gasteiger partial charge in [-0.3, -0.25) is 14.7 Å². The second-order valence-corrected chi connectivity index (χ2v) is 5.41. The minimum absolute atomic E-state index is 0.0809. The summed E-state index contributed by atoms with van der Waals surface area (Å²) >= 11 is 0. The monoisotopic (exact) mass is 284 g/mol. The van der Waals surface area contributed by atoms with Gasteiger partial charge in [-0.1, -0.05) is 0 Å². The molecule has 1 atom stereocenters. The number of carboxylic acids is 1. The summed E-state index contributed by atoms with van der Waals surface area (Å²) in [6, 6.07) is -0.914. The quantitative estimate of drug-likeness (QED) is 0.371.